The summed E-state index contributed by atoms with van der Waals surface area (Å²) in [6.45, 7) is 9.85. The van der Waals surface area contributed by atoms with Crippen LogP contribution in [0.5, 0.6) is 0 Å². The molecular weight excluding hydrogens is 604 g/mol. The zero-order valence-electron chi connectivity index (χ0n) is 27.5. The predicted molar refractivity (Wildman–Crippen MR) is 172 cm³/mol. The number of primary amides is 1. The van der Waals surface area contributed by atoms with Gasteiger partial charge < -0.3 is 36.6 Å². The minimum absolute atomic E-state index is 0.0563. The maximum Gasteiger partial charge on any atom is 0.406 e. The van der Waals surface area contributed by atoms with Gasteiger partial charge in [0, 0.05) is 13.6 Å². The van der Waals surface area contributed by atoms with Crippen LogP contribution >= 0.6 is 0 Å². The molecule has 1 aromatic carbocycles. The summed E-state index contributed by atoms with van der Waals surface area (Å²) in [4.78, 5) is 79.7. The van der Waals surface area contributed by atoms with Crippen LogP contribution in [0.4, 0.5) is 9.59 Å². The molecule has 6 amide bonds. The van der Waals surface area contributed by atoms with Gasteiger partial charge in [-0.3, -0.25) is 19.2 Å². The number of nitrogens with zero attached hydrogens (tertiary/aromatic N) is 1. The van der Waals surface area contributed by atoms with E-state index in [-0.39, 0.29) is 35.7 Å². The standard InChI is InChI=1S/C34H46N6O7/c1-17(2)24(16-47-33(46)36-5)38-32(45)39-26(21-13-19-8-6-7-9-20(19)14-21)31(44)40-15-22-25(34(22,3)4)27(40)30(43)37-23(12-18-10-11-18)28(41)29(35)42/h6-9,18,21-27H,1,10-16H2,2-5H3,(H2,35,42)(H,36,46)(H,37,43)(H2,38,39,45)/t22-,23?,24+,25-,26-,27-/m0/s1. The summed E-state index contributed by atoms with van der Waals surface area (Å²) in [5.41, 5.74) is 7.83. The summed E-state index contributed by atoms with van der Waals surface area (Å²) in [6.07, 6.45) is 2.59. The molecule has 3 fully saturated rings. The van der Waals surface area contributed by atoms with Crippen LogP contribution in [0.15, 0.2) is 36.4 Å². The van der Waals surface area contributed by atoms with Gasteiger partial charge in [0.1, 0.15) is 18.7 Å². The largest absolute Gasteiger partial charge is 0.447 e. The Balaban J connectivity index is 1.38. The SMILES string of the molecule is C=C(C)[C@@H](COC(=O)NC)NC(=O)N[C@H](C(=O)N1C[C@H]2[C@@H]([C@H]1C(=O)NC(CC1CC1)C(=O)C(N)=O)C2(C)C)C1Cc2ccccc2C1. The minimum Gasteiger partial charge on any atom is -0.447 e. The van der Waals surface area contributed by atoms with E-state index in [1.807, 2.05) is 24.3 Å². The van der Waals surface area contributed by atoms with Crippen molar-refractivity contribution in [3.63, 3.8) is 0 Å². The third kappa shape index (κ3) is 7.28. The molecule has 13 nitrogen and oxygen atoms in total. The number of carbonyl (C=O) groups is 6. The number of ether oxygens (including phenoxy) is 1. The lowest BCUT2D eigenvalue weighted by Crippen LogP contribution is -2.61. The van der Waals surface area contributed by atoms with E-state index < -0.39 is 59.8 Å². The average molecular weight is 651 g/mol. The Morgan fingerprint density at radius 2 is 1.66 bits per heavy atom. The fourth-order valence-corrected chi connectivity index (χ4v) is 7.43. The van der Waals surface area contributed by atoms with Crippen LogP contribution in [0.2, 0.25) is 0 Å². The number of amides is 6. The second kappa shape index (κ2) is 13.4. The Labute approximate surface area is 274 Å². The Kier molecular flexibility index (Phi) is 9.65. The van der Waals surface area contributed by atoms with Gasteiger partial charge in [0.2, 0.25) is 17.6 Å². The fraction of sp³-hybridized carbons (Fsp3) is 0.588. The van der Waals surface area contributed by atoms with Gasteiger partial charge in [-0.1, -0.05) is 63.1 Å². The van der Waals surface area contributed by atoms with Crippen molar-refractivity contribution in [2.45, 2.75) is 77.0 Å². The van der Waals surface area contributed by atoms with Crippen LogP contribution in [-0.2, 0) is 36.8 Å². The van der Waals surface area contributed by atoms with Crippen molar-refractivity contribution in [1.82, 2.24) is 26.2 Å². The number of rotatable bonds is 13. The second-order valence-electron chi connectivity index (χ2n) is 14.1. The van der Waals surface area contributed by atoms with E-state index in [1.54, 1.807) is 6.92 Å². The maximum atomic E-state index is 14.6. The molecule has 3 aliphatic carbocycles. The first-order chi connectivity index (χ1) is 22.2. The van der Waals surface area contributed by atoms with Crippen molar-refractivity contribution >= 4 is 35.6 Å². The second-order valence-corrected chi connectivity index (χ2v) is 14.1. The summed E-state index contributed by atoms with van der Waals surface area (Å²) in [7, 11) is 1.42. The number of nitrogens with one attached hydrogen (secondary N) is 4. The van der Waals surface area contributed by atoms with Crippen LogP contribution in [0.1, 0.15) is 51.2 Å². The predicted octanol–water partition coefficient (Wildman–Crippen LogP) is 1.19. The number of likely N-dealkylation sites (tertiary alicyclic amines) is 1. The Morgan fingerprint density at radius 3 is 2.21 bits per heavy atom. The van der Waals surface area contributed by atoms with Gasteiger partial charge in [-0.05, 0) is 66.4 Å². The highest BCUT2D eigenvalue weighted by Crippen LogP contribution is 2.65. The zero-order chi connectivity index (χ0) is 34.2. The maximum absolute atomic E-state index is 14.6. The lowest BCUT2D eigenvalue weighted by molar-refractivity contribution is -0.144. The topological polar surface area (TPSA) is 189 Å². The number of Topliss-reactive ketones (excluding diaryl/α,β-unsaturated/α-hetero) is 1. The molecule has 0 bridgehead atoms. The molecule has 1 saturated heterocycles. The molecule has 1 aromatic rings. The first-order valence-electron chi connectivity index (χ1n) is 16.3. The number of ketones is 1. The third-order valence-electron chi connectivity index (χ3n) is 10.5. The summed E-state index contributed by atoms with van der Waals surface area (Å²) >= 11 is 0. The number of hydrogen-bond donors (Lipinski definition) is 5. The van der Waals surface area contributed by atoms with E-state index in [1.165, 1.54) is 11.9 Å². The van der Waals surface area contributed by atoms with E-state index in [9.17, 15) is 28.8 Å². The first-order valence-corrected chi connectivity index (χ1v) is 16.3. The van der Waals surface area contributed by atoms with Crippen LogP contribution < -0.4 is 27.0 Å². The summed E-state index contributed by atoms with van der Waals surface area (Å²) in [5, 5.41) is 10.8. The van der Waals surface area contributed by atoms with Crippen LogP contribution in [0.25, 0.3) is 0 Å². The van der Waals surface area contributed by atoms with Crippen molar-refractivity contribution in [2.24, 2.45) is 34.8 Å². The molecular formula is C34H46N6O7. The lowest BCUT2D eigenvalue weighted by atomic mass is 9.93. The third-order valence-corrected chi connectivity index (χ3v) is 10.5. The molecule has 1 unspecified atom stereocenters. The van der Waals surface area contributed by atoms with Crippen molar-refractivity contribution < 1.29 is 33.5 Å². The van der Waals surface area contributed by atoms with Gasteiger partial charge in [0.05, 0.1) is 12.1 Å². The zero-order valence-corrected chi connectivity index (χ0v) is 27.5. The van der Waals surface area contributed by atoms with E-state index in [4.69, 9.17) is 10.5 Å². The summed E-state index contributed by atoms with van der Waals surface area (Å²) in [5.74, 6) is -3.00. The Morgan fingerprint density at radius 1 is 1.02 bits per heavy atom. The highest BCUT2D eigenvalue weighted by atomic mass is 16.5. The lowest BCUT2D eigenvalue weighted by Gasteiger charge is -2.35. The number of piperidine rings is 1. The minimum atomic E-state index is -1.11. The quantitative estimate of drug-likeness (QED) is 0.157. The number of benzene rings is 1. The molecule has 0 aromatic heterocycles. The number of alkyl carbamates (subject to hydrolysis) is 1. The summed E-state index contributed by atoms with van der Waals surface area (Å²) < 4.78 is 5.13. The van der Waals surface area contributed by atoms with E-state index >= 15 is 0 Å². The molecule has 6 atom stereocenters. The fourth-order valence-electron chi connectivity index (χ4n) is 7.43. The molecule has 4 aliphatic rings. The highest BCUT2D eigenvalue weighted by molar-refractivity contribution is 6.37. The van der Waals surface area contributed by atoms with Crippen molar-refractivity contribution in [2.75, 3.05) is 20.2 Å². The van der Waals surface area contributed by atoms with Crippen molar-refractivity contribution in [3.8, 4) is 0 Å². The molecule has 47 heavy (non-hydrogen) atoms. The number of fused-ring (bicyclic) bond motifs is 2. The molecule has 1 aliphatic heterocycles. The molecule has 1 heterocycles. The molecule has 2 saturated carbocycles. The van der Waals surface area contributed by atoms with Gasteiger partial charge in [0.15, 0.2) is 0 Å². The monoisotopic (exact) mass is 650 g/mol. The van der Waals surface area contributed by atoms with Gasteiger partial charge in [-0.2, -0.15) is 0 Å². The van der Waals surface area contributed by atoms with Gasteiger partial charge >= 0.3 is 12.1 Å². The van der Waals surface area contributed by atoms with Crippen LogP contribution in [0.3, 0.4) is 0 Å². The normalized spacial score (nSPS) is 24.1. The first kappa shape index (κ1) is 33.9. The molecule has 0 spiro atoms. The van der Waals surface area contributed by atoms with Gasteiger partial charge in [0.25, 0.3) is 5.91 Å². The summed E-state index contributed by atoms with van der Waals surface area (Å²) in [6, 6.07) is 3.60. The molecule has 5 rings (SSSR count). The smallest absolute Gasteiger partial charge is 0.406 e. The van der Waals surface area contributed by atoms with E-state index in [0.717, 1.165) is 24.0 Å². The molecule has 6 N–H and O–H groups in total. The number of hydrogen-bond acceptors (Lipinski definition) is 7. The van der Waals surface area contributed by atoms with E-state index in [0.29, 0.717) is 31.4 Å². The number of urea groups is 1. The molecule has 13 heteroatoms. The average Bonchev–Trinajstić information content (AvgIpc) is 3.78. The van der Waals surface area contributed by atoms with Crippen molar-refractivity contribution in [3.05, 3.63) is 47.5 Å². The van der Waals surface area contributed by atoms with Gasteiger partial charge in [-0.15, -0.1) is 0 Å². The van der Waals surface area contributed by atoms with Crippen molar-refractivity contribution in [1.29, 1.82) is 0 Å². The number of carbonyl (C=O) groups excluding carboxylic acids is 6. The Hall–Kier alpha value is -4.42. The number of nitrogens with two attached hydrogens (primary N) is 1. The van der Waals surface area contributed by atoms with Crippen LogP contribution in [0, 0.1) is 29.1 Å². The molecule has 254 valence electrons. The van der Waals surface area contributed by atoms with Crippen LogP contribution in [-0.4, -0.2) is 84.9 Å². The highest BCUT2D eigenvalue weighted by Gasteiger charge is 2.69. The Bertz CT molecular complexity index is 1450. The van der Waals surface area contributed by atoms with E-state index in [2.05, 4.69) is 41.7 Å². The van der Waals surface area contributed by atoms with Gasteiger partial charge in [-0.25, -0.2) is 9.59 Å². The molecule has 0 radical (unpaired) electrons.